The van der Waals surface area contributed by atoms with E-state index >= 15 is 0 Å². The van der Waals surface area contributed by atoms with Crippen LogP contribution in [0.15, 0.2) is 127 Å². The van der Waals surface area contributed by atoms with Gasteiger partial charge in [-0.1, -0.05) is 78.9 Å². The van der Waals surface area contributed by atoms with E-state index in [0.29, 0.717) is 5.56 Å². The second-order valence-corrected chi connectivity index (χ2v) is 12.2. The zero-order valence-corrected chi connectivity index (χ0v) is 23.0. The molecule has 0 atom stereocenters. The Morgan fingerprint density at radius 2 is 0.850 bits per heavy atom. The van der Waals surface area contributed by atoms with Gasteiger partial charge in [0.15, 0.2) is 0 Å². The zero-order valence-electron chi connectivity index (χ0n) is 21.4. The van der Waals surface area contributed by atoms with E-state index in [1.807, 2.05) is 40.9 Å². The molecule has 40 heavy (non-hydrogen) atoms. The summed E-state index contributed by atoms with van der Waals surface area (Å²) in [5, 5.41) is 15.1. The normalized spacial score (nSPS) is 11.5. The SMILES string of the molecule is N#Cc1ccccc1-c1cc(-c2cccc3sc4ccccc4c23)cc(-c2cccc3sc4ccccc4c23)c1. The summed E-state index contributed by atoms with van der Waals surface area (Å²) >= 11 is 3.68. The standard InChI is InChI=1S/C37H21NS2/c38-22-23-9-1-2-10-27(23)24-19-25(28-13-7-17-34-36(28)30-11-3-5-15-32(30)39-34)21-26(20-24)29-14-8-18-35-37(29)31-12-4-6-16-33(31)40-35/h1-21H. The van der Waals surface area contributed by atoms with Crippen molar-refractivity contribution < 1.29 is 0 Å². The van der Waals surface area contributed by atoms with Gasteiger partial charge in [-0.15, -0.1) is 22.7 Å². The van der Waals surface area contributed by atoms with Crippen molar-refractivity contribution in [3.05, 3.63) is 133 Å². The molecule has 1 nitrogen and oxygen atoms in total. The summed E-state index contributed by atoms with van der Waals surface area (Å²) in [5.74, 6) is 0. The Morgan fingerprint density at radius 3 is 1.40 bits per heavy atom. The Kier molecular flexibility index (Phi) is 5.31. The molecule has 0 saturated heterocycles. The quantitative estimate of drug-likeness (QED) is 0.217. The predicted molar refractivity (Wildman–Crippen MR) is 173 cm³/mol. The maximum absolute atomic E-state index is 9.97. The van der Waals surface area contributed by atoms with Crippen LogP contribution in [0.5, 0.6) is 0 Å². The number of fused-ring (bicyclic) bond motifs is 6. The van der Waals surface area contributed by atoms with E-state index in [1.165, 1.54) is 51.5 Å². The van der Waals surface area contributed by atoms with Crippen LogP contribution in [0.4, 0.5) is 0 Å². The molecule has 0 unspecified atom stereocenters. The zero-order chi connectivity index (χ0) is 26.6. The molecule has 0 fully saturated rings. The van der Waals surface area contributed by atoms with Crippen LogP contribution in [0.25, 0.3) is 73.7 Å². The summed E-state index contributed by atoms with van der Waals surface area (Å²) < 4.78 is 5.17. The van der Waals surface area contributed by atoms with Crippen LogP contribution in [0.1, 0.15) is 5.56 Å². The van der Waals surface area contributed by atoms with Gasteiger partial charge in [0.2, 0.25) is 0 Å². The highest BCUT2D eigenvalue weighted by Crippen LogP contribution is 2.44. The molecular weight excluding hydrogens is 523 g/mol. The first-order valence-corrected chi connectivity index (χ1v) is 14.9. The Balaban J connectivity index is 1.47. The smallest absolute Gasteiger partial charge is 0.0998 e. The molecule has 0 bridgehead atoms. The second-order valence-electron chi connectivity index (χ2n) is 10.0. The van der Waals surface area contributed by atoms with Gasteiger partial charge in [-0.3, -0.25) is 0 Å². The Bertz CT molecular complexity index is 2160. The van der Waals surface area contributed by atoms with Crippen LogP contribution in [0.3, 0.4) is 0 Å². The molecule has 6 aromatic carbocycles. The maximum Gasteiger partial charge on any atom is 0.0998 e. The van der Waals surface area contributed by atoms with Gasteiger partial charge in [-0.2, -0.15) is 5.26 Å². The molecule has 8 aromatic rings. The number of benzene rings is 6. The van der Waals surface area contributed by atoms with E-state index in [9.17, 15) is 5.26 Å². The number of hydrogen-bond donors (Lipinski definition) is 0. The molecule has 0 aliphatic rings. The van der Waals surface area contributed by atoms with Crippen LogP contribution in [-0.4, -0.2) is 0 Å². The van der Waals surface area contributed by atoms with E-state index in [-0.39, 0.29) is 0 Å². The fourth-order valence-corrected chi connectivity index (χ4v) is 8.22. The topological polar surface area (TPSA) is 23.8 Å². The van der Waals surface area contributed by atoms with E-state index in [0.717, 1.165) is 22.3 Å². The van der Waals surface area contributed by atoms with Crippen molar-refractivity contribution in [3.63, 3.8) is 0 Å². The van der Waals surface area contributed by atoms with Gasteiger partial charge in [-0.05, 0) is 81.9 Å². The summed E-state index contributed by atoms with van der Waals surface area (Å²) in [7, 11) is 0. The Morgan fingerprint density at radius 1 is 0.425 bits per heavy atom. The first kappa shape index (κ1) is 23.2. The number of rotatable bonds is 3. The molecule has 2 heterocycles. The average molecular weight is 544 g/mol. The van der Waals surface area contributed by atoms with Crippen LogP contribution in [-0.2, 0) is 0 Å². The van der Waals surface area contributed by atoms with Gasteiger partial charge in [0, 0.05) is 40.3 Å². The number of nitriles is 1. The van der Waals surface area contributed by atoms with E-state index in [4.69, 9.17) is 0 Å². The third-order valence-electron chi connectivity index (χ3n) is 7.72. The molecule has 0 aliphatic carbocycles. The van der Waals surface area contributed by atoms with Crippen molar-refractivity contribution in [2.24, 2.45) is 0 Å². The summed E-state index contributed by atoms with van der Waals surface area (Å²) in [6.07, 6.45) is 0. The van der Waals surface area contributed by atoms with Crippen LogP contribution >= 0.6 is 22.7 Å². The van der Waals surface area contributed by atoms with Gasteiger partial charge in [0.05, 0.1) is 11.6 Å². The summed E-state index contributed by atoms with van der Waals surface area (Å²) in [6, 6.07) is 47.8. The number of thiophene rings is 2. The van der Waals surface area contributed by atoms with E-state index < -0.39 is 0 Å². The van der Waals surface area contributed by atoms with Gasteiger partial charge < -0.3 is 0 Å². The fraction of sp³-hybridized carbons (Fsp3) is 0. The van der Waals surface area contributed by atoms with Crippen molar-refractivity contribution in [2.75, 3.05) is 0 Å². The molecule has 186 valence electrons. The highest BCUT2D eigenvalue weighted by atomic mass is 32.1. The van der Waals surface area contributed by atoms with E-state index in [2.05, 4.69) is 115 Å². The fourth-order valence-electron chi connectivity index (χ4n) is 5.96. The number of hydrogen-bond acceptors (Lipinski definition) is 3. The monoisotopic (exact) mass is 543 g/mol. The van der Waals surface area contributed by atoms with E-state index in [1.54, 1.807) is 0 Å². The predicted octanol–water partition coefficient (Wildman–Crippen LogP) is 11.3. The van der Waals surface area contributed by atoms with Crippen molar-refractivity contribution in [3.8, 4) is 39.4 Å². The van der Waals surface area contributed by atoms with Gasteiger partial charge >= 0.3 is 0 Å². The summed E-state index contributed by atoms with van der Waals surface area (Å²) in [5.41, 5.74) is 7.45. The van der Waals surface area contributed by atoms with Gasteiger partial charge in [0.1, 0.15) is 0 Å². The number of nitrogens with zero attached hydrogens (tertiary/aromatic N) is 1. The van der Waals surface area contributed by atoms with Crippen molar-refractivity contribution in [2.45, 2.75) is 0 Å². The minimum absolute atomic E-state index is 0.684. The molecule has 0 radical (unpaired) electrons. The van der Waals surface area contributed by atoms with Crippen molar-refractivity contribution in [1.82, 2.24) is 0 Å². The van der Waals surface area contributed by atoms with Crippen molar-refractivity contribution in [1.29, 1.82) is 5.26 Å². The lowest BCUT2D eigenvalue weighted by Gasteiger charge is -2.14. The largest absolute Gasteiger partial charge is 0.192 e. The third-order valence-corrected chi connectivity index (χ3v) is 9.99. The molecular formula is C37H21NS2. The highest BCUT2D eigenvalue weighted by molar-refractivity contribution is 7.26. The minimum atomic E-state index is 0.684. The average Bonchev–Trinajstić information content (AvgIpc) is 3.59. The Hall–Kier alpha value is -4.75. The molecule has 0 N–H and O–H groups in total. The summed E-state index contributed by atoms with van der Waals surface area (Å²) in [6.45, 7) is 0. The first-order chi connectivity index (χ1) is 19.8. The molecule has 3 heteroatoms. The van der Waals surface area contributed by atoms with Crippen LogP contribution < -0.4 is 0 Å². The van der Waals surface area contributed by atoms with Crippen molar-refractivity contribution >= 4 is 63.0 Å². The molecule has 8 rings (SSSR count). The minimum Gasteiger partial charge on any atom is -0.192 e. The maximum atomic E-state index is 9.97. The molecule has 2 aromatic heterocycles. The van der Waals surface area contributed by atoms with Crippen LogP contribution in [0.2, 0.25) is 0 Å². The summed E-state index contributed by atoms with van der Waals surface area (Å²) in [4.78, 5) is 0. The Labute approximate surface area is 239 Å². The second kappa shape index (κ2) is 9.17. The van der Waals surface area contributed by atoms with Gasteiger partial charge in [0.25, 0.3) is 0 Å². The van der Waals surface area contributed by atoms with Crippen LogP contribution in [0, 0.1) is 11.3 Å². The molecule has 0 aliphatic heterocycles. The lowest BCUT2D eigenvalue weighted by molar-refractivity contribution is 1.48. The van der Waals surface area contributed by atoms with Gasteiger partial charge in [-0.25, -0.2) is 0 Å². The highest BCUT2D eigenvalue weighted by Gasteiger charge is 2.16. The lowest BCUT2D eigenvalue weighted by Crippen LogP contribution is -1.89. The molecule has 0 spiro atoms. The third kappa shape index (κ3) is 3.58. The lowest BCUT2D eigenvalue weighted by atomic mass is 9.89. The molecule has 0 amide bonds. The molecule has 0 saturated carbocycles. The first-order valence-electron chi connectivity index (χ1n) is 13.2.